The Morgan fingerprint density at radius 1 is 1.14 bits per heavy atom. The molecule has 1 amide bonds. The van der Waals surface area contributed by atoms with Gasteiger partial charge in [-0.15, -0.1) is 0 Å². The lowest BCUT2D eigenvalue weighted by atomic mass is 10.1. The van der Waals surface area contributed by atoms with Gasteiger partial charge in [0.2, 0.25) is 0 Å². The molecule has 2 aromatic rings. The van der Waals surface area contributed by atoms with E-state index in [-0.39, 0.29) is 5.75 Å². The number of carbonyl (C=O) groups excluding carboxylic acids is 1. The van der Waals surface area contributed by atoms with E-state index in [2.05, 4.69) is 10.5 Å². The fourth-order valence-electron chi connectivity index (χ4n) is 1.68. The molecular weight excluding hydrogens is 311 g/mol. The molecule has 2 aromatic carbocycles. The lowest BCUT2D eigenvalue weighted by Gasteiger charge is -2.05. The van der Waals surface area contributed by atoms with Crippen molar-refractivity contribution in [2.45, 2.75) is 6.92 Å². The Morgan fingerprint density at radius 3 is 2.52 bits per heavy atom. The molecule has 0 saturated heterocycles. The molecular formula is C15H12Cl2N2O2. The molecule has 2 N–H and O–H groups in total. The van der Waals surface area contributed by atoms with Crippen LogP contribution in [0.2, 0.25) is 10.0 Å². The Balaban J connectivity index is 2.14. The number of aromatic hydroxyl groups is 1. The fourth-order valence-corrected chi connectivity index (χ4v) is 1.97. The first-order valence-corrected chi connectivity index (χ1v) is 6.82. The van der Waals surface area contributed by atoms with E-state index in [1.54, 1.807) is 43.3 Å². The standard InChI is InChI=1S/C15H12Cl2N2O2/c1-9(11-4-2-3-5-14(11)20)18-19-15(21)10-6-7-12(16)13(17)8-10/h2-8,20H,1H3,(H,19,21)/b18-9+. The third kappa shape index (κ3) is 3.74. The van der Waals surface area contributed by atoms with Gasteiger partial charge in [-0.05, 0) is 37.3 Å². The van der Waals surface area contributed by atoms with E-state index in [0.29, 0.717) is 26.9 Å². The number of para-hydroxylation sites is 1. The summed E-state index contributed by atoms with van der Waals surface area (Å²) in [7, 11) is 0. The molecule has 0 spiro atoms. The van der Waals surface area contributed by atoms with Crippen molar-refractivity contribution in [1.82, 2.24) is 5.43 Å². The molecule has 6 heteroatoms. The summed E-state index contributed by atoms with van der Waals surface area (Å²) >= 11 is 11.6. The summed E-state index contributed by atoms with van der Waals surface area (Å²) in [4.78, 5) is 11.9. The first kappa shape index (κ1) is 15.4. The lowest BCUT2D eigenvalue weighted by molar-refractivity contribution is 0.0955. The van der Waals surface area contributed by atoms with Crippen LogP contribution in [0.15, 0.2) is 47.6 Å². The van der Waals surface area contributed by atoms with Gasteiger partial charge in [0.05, 0.1) is 15.8 Å². The number of rotatable bonds is 3. The van der Waals surface area contributed by atoms with E-state index in [1.807, 2.05) is 0 Å². The van der Waals surface area contributed by atoms with Crippen molar-refractivity contribution < 1.29 is 9.90 Å². The van der Waals surface area contributed by atoms with Crippen LogP contribution < -0.4 is 5.43 Å². The number of hydrazone groups is 1. The zero-order chi connectivity index (χ0) is 15.4. The van der Waals surface area contributed by atoms with Crippen molar-refractivity contribution in [3.8, 4) is 5.75 Å². The van der Waals surface area contributed by atoms with Gasteiger partial charge < -0.3 is 5.11 Å². The number of hydrogen-bond acceptors (Lipinski definition) is 3. The van der Waals surface area contributed by atoms with Gasteiger partial charge in [-0.2, -0.15) is 5.10 Å². The van der Waals surface area contributed by atoms with Gasteiger partial charge in [0.15, 0.2) is 0 Å². The average molecular weight is 323 g/mol. The molecule has 0 unspecified atom stereocenters. The van der Waals surface area contributed by atoms with Gasteiger partial charge in [0, 0.05) is 11.1 Å². The van der Waals surface area contributed by atoms with E-state index in [1.165, 1.54) is 6.07 Å². The number of nitrogens with zero attached hydrogens (tertiary/aromatic N) is 1. The van der Waals surface area contributed by atoms with E-state index in [9.17, 15) is 9.90 Å². The zero-order valence-electron chi connectivity index (χ0n) is 11.1. The third-order valence-electron chi connectivity index (χ3n) is 2.80. The topological polar surface area (TPSA) is 61.7 Å². The van der Waals surface area contributed by atoms with Crippen LogP contribution in [0, 0.1) is 0 Å². The highest BCUT2D eigenvalue weighted by molar-refractivity contribution is 6.42. The van der Waals surface area contributed by atoms with Crippen LogP contribution in [0.4, 0.5) is 0 Å². The minimum absolute atomic E-state index is 0.0996. The molecule has 0 saturated carbocycles. The number of benzene rings is 2. The summed E-state index contributed by atoms with van der Waals surface area (Å²) in [6.45, 7) is 1.68. The van der Waals surface area contributed by atoms with Crippen molar-refractivity contribution in [3.05, 3.63) is 63.6 Å². The van der Waals surface area contributed by atoms with Crippen LogP contribution in [0.25, 0.3) is 0 Å². The fraction of sp³-hybridized carbons (Fsp3) is 0.0667. The molecule has 21 heavy (non-hydrogen) atoms. The number of carbonyl (C=O) groups is 1. The smallest absolute Gasteiger partial charge is 0.271 e. The summed E-state index contributed by atoms with van der Waals surface area (Å²) in [5, 5.41) is 14.3. The van der Waals surface area contributed by atoms with Crippen LogP contribution in [0.5, 0.6) is 5.75 Å². The molecule has 0 bridgehead atoms. The molecule has 0 aliphatic rings. The van der Waals surface area contributed by atoms with Crippen LogP contribution in [-0.4, -0.2) is 16.7 Å². The quantitative estimate of drug-likeness (QED) is 0.666. The number of phenolic OH excluding ortho intramolecular Hbond substituents is 1. The van der Waals surface area contributed by atoms with Gasteiger partial charge in [-0.1, -0.05) is 35.3 Å². The van der Waals surface area contributed by atoms with E-state index >= 15 is 0 Å². The molecule has 4 nitrogen and oxygen atoms in total. The number of amides is 1. The van der Waals surface area contributed by atoms with Gasteiger partial charge in [0.1, 0.15) is 5.75 Å². The average Bonchev–Trinajstić information content (AvgIpc) is 2.47. The van der Waals surface area contributed by atoms with Crippen molar-refractivity contribution in [3.63, 3.8) is 0 Å². The lowest BCUT2D eigenvalue weighted by Crippen LogP contribution is -2.19. The van der Waals surface area contributed by atoms with Gasteiger partial charge in [0.25, 0.3) is 5.91 Å². The second kappa shape index (κ2) is 6.61. The second-order valence-corrected chi connectivity index (χ2v) is 5.10. The largest absolute Gasteiger partial charge is 0.507 e. The maximum Gasteiger partial charge on any atom is 0.271 e. The van der Waals surface area contributed by atoms with Crippen LogP contribution >= 0.6 is 23.2 Å². The molecule has 2 rings (SSSR count). The normalized spacial score (nSPS) is 11.3. The van der Waals surface area contributed by atoms with Crippen LogP contribution in [0.3, 0.4) is 0 Å². The second-order valence-electron chi connectivity index (χ2n) is 4.28. The zero-order valence-corrected chi connectivity index (χ0v) is 12.6. The maximum atomic E-state index is 11.9. The van der Waals surface area contributed by atoms with Crippen LogP contribution in [-0.2, 0) is 0 Å². The first-order chi connectivity index (χ1) is 9.99. The monoisotopic (exact) mass is 322 g/mol. The predicted octanol–water partition coefficient (Wildman–Crippen LogP) is 3.85. The van der Waals surface area contributed by atoms with Gasteiger partial charge >= 0.3 is 0 Å². The molecule has 0 fully saturated rings. The van der Waals surface area contributed by atoms with E-state index in [0.717, 1.165) is 0 Å². The molecule has 0 heterocycles. The summed E-state index contributed by atoms with van der Waals surface area (Å²) < 4.78 is 0. The van der Waals surface area contributed by atoms with Crippen molar-refractivity contribution >= 4 is 34.8 Å². The van der Waals surface area contributed by atoms with Crippen LogP contribution in [0.1, 0.15) is 22.8 Å². The minimum atomic E-state index is -0.414. The maximum absolute atomic E-state index is 11.9. The highest BCUT2D eigenvalue weighted by Gasteiger charge is 2.08. The summed E-state index contributed by atoms with van der Waals surface area (Å²) in [6.07, 6.45) is 0. The van der Waals surface area contributed by atoms with Crippen molar-refractivity contribution in [2.75, 3.05) is 0 Å². The summed E-state index contributed by atoms with van der Waals surface area (Å²) in [5.74, 6) is -0.314. The minimum Gasteiger partial charge on any atom is -0.507 e. The Bertz CT molecular complexity index is 715. The highest BCUT2D eigenvalue weighted by Crippen LogP contribution is 2.22. The van der Waals surface area contributed by atoms with Gasteiger partial charge in [-0.25, -0.2) is 5.43 Å². The molecule has 0 radical (unpaired) electrons. The third-order valence-corrected chi connectivity index (χ3v) is 3.54. The first-order valence-electron chi connectivity index (χ1n) is 6.07. The number of phenols is 1. The molecule has 0 aliphatic heterocycles. The van der Waals surface area contributed by atoms with Crippen molar-refractivity contribution in [2.24, 2.45) is 5.10 Å². The highest BCUT2D eigenvalue weighted by atomic mass is 35.5. The Kier molecular flexibility index (Phi) is 4.83. The summed E-state index contributed by atoms with van der Waals surface area (Å²) in [5.41, 5.74) is 3.79. The number of hydrogen-bond donors (Lipinski definition) is 2. The van der Waals surface area contributed by atoms with E-state index < -0.39 is 5.91 Å². The Morgan fingerprint density at radius 2 is 1.86 bits per heavy atom. The van der Waals surface area contributed by atoms with Crippen molar-refractivity contribution in [1.29, 1.82) is 0 Å². The van der Waals surface area contributed by atoms with E-state index in [4.69, 9.17) is 23.2 Å². The molecule has 0 aromatic heterocycles. The molecule has 108 valence electrons. The number of halogens is 2. The summed E-state index contributed by atoms with van der Waals surface area (Å²) in [6, 6.07) is 11.3. The van der Waals surface area contributed by atoms with Gasteiger partial charge in [-0.3, -0.25) is 4.79 Å². The number of nitrogens with one attached hydrogen (secondary N) is 1. The predicted molar refractivity (Wildman–Crippen MR) is 84.2 cm³/mol. The molecule has 0 atom stereocenters. The SMILES string of the molecule is C/C(=N\NC(=O)c1ccc(Cl)c(Cl)c1)c1ccccc1O. The Hall–Kier alpha value is -2.04. The molecule has 0 aliphatic carbocycles. The Labute approximate surface area is 132 Å².